The van der Waals surface area contributed by atoms with Crippen molar-refractivity contribution in [3.05, 3.63) is 54.6 Å². The van der Waals surface area contributed by atoms with Crippen molar-refractivity contribution in [2.45, 2.75) is 13.0 Å². The first-order valence-electron chi connectivity index (χ1n) is 5.30. The molecule has 0 aliphatic rings. The Labute approximate surface area is 123 Å². The van der Waals surface area contributed by atoms with Crippen molar-refractivity contribution in [3.8, 4) is 0 Å². The van der Waals surface area contributed by atoms with Crippen molar-refractivity contribution >= 4 is 43.2 Å². The first kappa shape index (κ1) is 13.3. The molecule has 0 spiro atoms. The molecule has 1 nitrogen and oxygen atoms in total. The van der Waals surface area contributed by atoms with Gasteiger partial charge >= 0.3 is 0 Å². The van der Waals surface area contributed by atoms with E-state index < -0.39 is 0 Å². The van der Waals surface area contributed by atoms with E-state index in [0.29, 0.717) is 0 Å². The average Bonchev–Trinajstić information content (AvgIpc) is 2.72. The number of nitrogens with one attached hydrogen (secondary N) is 1. The average molecular weight is 375 g/mol. The molecule has 1 atom stereocenters. The lowest BCUT2D eigenvalue weighted by atomic mass is 10.0. The summed E-state index contributed by atoms with van der Waals surface area (Å²) < 4.78 is 2.32. The van der Waals surface area contributed by atoms with Gasteiger partial charge in [0.15, 0.2) is 0 Å². The van der Waals surface area contributed by atoms with Gasteiger partial charge in [0.2, 0.25) is 0 Å². The van der Waals surface area contributed by atoms with E-state index in [0.717, 1.165) is 4.47 Å². The van der Waals surface area contributed by atoms with E-state index in [1.54, 1.807) is 11.3 Å². The summed E-state index contributed by atoms with van der Waals surface area (Å²) in [6.45, 7) is 2.14. The van der Waals surface area contributed by atoms with Crippen molar-refractivity contribution in [1.82, 2.24) is 5.32 Å². The highest BCUT2D eigenvalue weighted by molar-refractivity contribution is 9.10. The van der Waals surface area contributed by atoms with Crippen LogP contribution in [0.4, 0.5) is 0 Å². The fraction of sp³-hybridized carbons (Fsp3) is 0.231. The van der Waals surface area contributed by atoms with Gasteiger partial charge in [0.05, 0.1) is 6.04 Å². The molecule has 1 unspecified atom stereocenters. The van der Waals surface area contributed by atoms with E-state index in [2.05, 4.69) is 73.7 Å². The largest absolute Gasteiger partial charge is 0.309 e. The molecule has 17 heavy (non-hydrogen) atoms. The maximum Gasteiger partial charge on any atom is 0.0683 e. The van der Waals surface area contributed by atoms with Gasteiger partial charge in [-0.25, -0.2) is 0 Å². The molecule has 0 radical (unpaired) electrons. The third kappa shape index (κ3) is 2.65. The second-order valence-corrected chi connectivity index (χ2v) is 6.46. The van der Waals surface area contributed by atoms with Crippen LogP contribution in [0, 0.1) is 6.92 Å². The van der Waals surface area contributed by atoms with E-state index in [-0.39, 0.29) is 6.04 Å². The highest BCUT2D eigenvalue weighted by Crippen LogP contribution is 2.35. The van der Waals surface area contributed by atoms with Crippen molar-refractivity contribution in [2.75, 3.05) is 7.05 Å². The smallest absolute Gasteiger partial charge is 0.0683 e. The summed E-state index contributed by atoms with van der Waals surface area (Å²) in [5.74, 6) is 0. The van der Waals surface area contributed by atoms with E-state index in [4.69, 9.17) is 0 Å². The van der Waals surface area contributed by atoms with Crippen LogP contribution in [0.15, 0.2) is 38.6 Å². The van der Waals surface area contributed by atoms with Crippen LogP contribution in [-0.4, -0.2) is 7.05 Å². The molecule has 2 rings (SSSR count). The van der Waals surface area contributed by atoms with Crippen LogP contribution in [0.3, 0.4) is 0 Å². The number of thiophene rings is 1. The standard InChI is InChI=1S/C13H13Br2NS/c1-8-9(4-3-5-10(8)14)12(16-2)13-11(15)6-7-17-13/h3-7,12,16H,1-2H3. The SMILES string of the molecule is CNC(c1cccc(Br)c1C)c1sccc1Br. The van der Waals surface area contributed by atoms with Crippen molar-refractivity contribution < 1.29 is 0 Å². The summed E-state index contributed by atoms with van der Waals surface area (Å²) in [6, 6.07) is 8.67. The molecule has 0 fully saturated rings. The number of hydrogen-bond donors (Lipinski definition) is 1. The summed E-state index contributed by atoms with van der Waals surface area (Å²) in [6.07, 6.45) is 0. The Morgan fingerprint density at radius 1 is 1.18 bits per heavy atom. The summed E-state index contributed by atoms with van der Waals surface area (Å²) in [5, 5.41) is 5.50. The number of hydrogen-bond acceptors (Lipinski definition) is 2. The van der Waals surface area contributed by atoms with E-state index in [1.165, 1.54) is 20.5 Å². The lowest BCUT2D eigenvalue weighted by Crippen LogP contribution is -2.18. The van der Waals surface area contributed by atoms with Gasteiger partial charge in [-0.1, -0.05) is 28.1 Å². The molecular weight excluding hydrogens is 362 g/mol. The van der Waals surface area contributed by atoms with E-state index in [9.17, 15) is 0 Å². The lowest BCUT2D eigenvalue weighted by Gasteiger charge is -2.19. The molecule has 4 heteroatoms. The zero-order valence-corrected chi connectivity index (χ0v) is 13.6. The minimum atomic E-state index is 0.238. The number of benzene rings is 1. The Balaban J connectivity index is 2.50. The van der Waals surface area contributed by atoms with E-state index >= 15 is 0 Å². The minimum absolute atomic E-state index is 0.238. The summed E-state index contributed by atoms with van der Waals surface area (Å²) in [4.78, 5) is 1.31. The maximum absolute atomic E-state index is 3.61. The minimum Gasteiger partial charge on any atom is -0.309 e. The predicted molar refractivity (Wildman–Crippen MR) is 81.8 cm³/mol. The molecule has 0 aliphatic carbocycles. The number of halogens is 2. The first-order valence-corrected chi connectivity index (χ1v) is 7.77. The third-order valence-electron chi connectivity index (χ3n) is 2.82. The van der Waals surface area contributed by atoms with Crippen LogP contribution in [0.25, 0.3) is 0 Å². The normalized spacial score (nSPS) is 12.7. The molecule has 1 aromatic heterocycles. The summed E-state index contributed by atoms with van der Waals surface area (Å²) >= 11 is 8.96. The van der Waals surface area contributed by atoms with Gasteiger partial charge in [-0.3, -0.25) is 0 Å². The van der Waals surface area contributed by atoms with Crippen LogP contribution < -0.4 is 5.32 Å². The van der Waals surface area contributed by atoms with Gasteiger partial charge in [0.25, 0.3) is 0 Å². The zero-order chi connectivity index (χ0) is 12.4. The molecule has 0 aliphatic heterocycles. The quantitative estimate of drug-likeness (QED) is 0.806. The molecular formula is C13H13Br2NS. The molecule has 0 saturated carbocycles. The monoisotopic (exact) mass is 373 g/mol. The van der Waals surface area contributed by atoms with Gasteiger partial charge in [0.1, 0.15) is 0 Å². The fourth-order valence-electron chi connectivity index (χ4n) is 1.88. The van der Waals surface area contributed by atoms with Crippen molar-refractivity contribution in [1.29, 1.82) is 0 Å². The molecule has 1 aromatic carbocycles. The highest BCUT2D eigenvalue weighted by atomic mass is 79.9. The molecule has 1 heterocycles. The van der Waals surface area contributed by atoms with Gasteiger partial charge in [-0.15, -0.1) is 11.3 Å². The van der Waals surface area contributed by atoms with Gasteiger partial charge in [-0.05, 0) is 58.5 Å². The number of rotatable bonds is 3. The van der Waals surface area contributed by atoms with Gasteiger partial charge < -0.3 is 5.32 Å². The van der Waals surface area contributed by atoms with Crippen molar-refractivity contribution in [3.63, 3.8) is 0 Å². The molecule has 2 aromatic rings. The van der Waals surface area contributed by atoms with Crippen LogP contribution in [-0.2, 0) is 0 Å². The van der Waals surface area contributed by atoms with Crippen LogP contribution in [0.5, 0.6) is 0 Å². The topological polar surface area (TPSA) is 12.0 Å². The third-order valence-corrected chi connectivity index (χ3v) is 5.61. The zero-order valence-electron chi connectivity index (χ0n) is 9.63. The van der Waals surface area contributed by atoms with Gasteiger partial charge in [0, 0.05) is 13.8 Å². The second kappa shape index (κ2) is 5.65. The Hall–Kier alpha value is -0.160. The molecule has 0 bridgehead atoms. The van der Waals surface area contributed by atoms with Crippen LogP contribution in [0.1, 0.15) is 22.0 Å². The first-order chi connectivity index (χ1) is 8.15. The van der Waals surface area contributed by atoms with Crippen LogP contribution >= 0.6 is 43.2 Å². The highest BCUT2D eigenvalue weighted by Gasteiger charge is 2.18. The van der Waals surface area contributed by atoms with E-state index in [1.807, 2.05) is 7.05 Å². The van der Waals surface area contributed by atoms with Crippen molar-refractivity contribution in [2.24, 2.45) is 0 Å². The maximum atomic E-state index is 3.61. The molecule has 90 valence electrons. The molecule has 1 N–H and O–H groups in total. The second-order valence-electron chi connectivity index (χ2n) is 3.81. The molecule has 0 amide bonds. The Morgan fingerprint density at radius 2 is 1.94 bits per heavy atom. The predicted octanol–water partition coefficient (Wildman–Crippen LogP) is 4.89. The Kier molecular flexibility index (Phi) is 4.42. The Morgan fingerprint density at radius 3 is 2.53 bits per heavy atom. The molecule has 0 saturated heterocycles. The Bertz CT molecular complexity index is 522. The van der Waals surface area contributed by atoms with Crippen LogP contribution in [0.2, 0.25) is 0 Å². The fourth-order valence-corrected chi connectivity index (χ4v) is 3.99. The van der Waals surface area contributed by atoms with Gasteiger partial charge in [-0.2, -0.15) is 0 Å². The summed E-state index contributed by atoms with van der Waals surface area (Å²) in [5.41, 5.74) is 2.59. The summed E-state index contributed by atoms with van der Waals surface area (Å²) in [7, 11) is 2.00. The lowest BCUT2D eigenvalue weighted by molar-refractivity contribution is 0.696.